The fourth-order valence-corrected chi connectivity index (χ4v) is 2.89. The van der Waals surface area contributed by atoms with Gasteiger partial charge in [0.25, 0.3) is 0 Å². The molecular formula is C21H20F2N2O2. The minimum Gasteiger partial charge on any atom is -0.497 e. The van der Waals surface area contributed by atoms with Crippen molar-refractivity contribution in [1.82, 2.24) is 4.90 Å². The second-order valence-corrected chi connectivity index (χ2v) is 6.39. The summed E-state index contributed by atoms with van der Waals surface area (Å²) in [4.78, 5) is 13.9. The number of carbonyl (C=O) groups is 1. The second-order valence-electron chi connectivity index (χ2n) is 6.39. The Kier molecular flexibility index (Phi) is 5.66. The Bertz CT molecular complexity index is 976. The van der Waals surface area contributed by atoms with Crippen molar-refractivity contribution in [2.24, 2.45) is 0 Å². The lowest BCUT2D eigenvalue weighted by molar-refractivity contribution is -0.117. The zero-order valence-corrected chi connectivity index (χ0v) is 15.1. The van der Waals surface area contributed by atoms with Gasteiger partial charge in [-0.05, 0) is 53.7 Å². The number of hydrogen-bond acceptors (Lipinski definition) is 3. The predicted molar refractivity (Wildman–Crippen MR) is 102 cm³/mol. The van der Waals surface area contributed by atoms with Gasteiger partial charge < -0.3 is 10.1 Å². The van der Waals surface area contributed by atoms with Crippen LogP contribution in [0.2, 0.25) is 0 Å². The van der Waals surface area contributed by atoms with E-state index < -0.39 is 11.6 Å². The molecule has 1 amide bonds. The molecule has 0 aliphatic rings. The number of fused-ring (bicyclic) bond motifs is 1. The summed E-state index contributed by atoms with van der Waals surface area (Å²) in [6.07, 6.45) is 0. The van der Waals surface area contributed by atoms with Gasteiger partial charge in [0.15, 0.2) is 0 Å². The Morgan fingerprint density at radius 2 is 1.78 bits per heavy atom. The van der Waals surface area contributed by atoms with Crippen LogP contribution in [0.4, 0.5) is 14.5 Å². The highest BCUT2D eigenvalue weighted by molar-refractivity contribution is 5.92. The minimum absolute atomic E-state index is 0.0329. The van der Waals surface area contributed by atoms with Gasteiger partial charge in [-0.25, -0.2) is 8.78 Å². The highest BCUT2D eigenvalue weighted by Gasteiger charge is 2.11. The highest BCUT2D eigenvalue weighted by atomic mass is 19.1. The standard InChI is InChI=1S/C21H20F2N2O2/c1-25(13-21(26)24-20-8-6-17(22)11-19(20)23)12-14-3-4-16-10-18(27-2)7-5-15(16)9-14/h3-11H,12-13H2,1-2H3,(H,24,26). The Morgan fingerprint density at radius 1 is 1.04 bits per heavy atom. The first kappa shape index (κ1) is 18.8. The zero-order valence-electron chi connectivity index (χ0n) is 15.1. The molecule has 27 heavy (non-hydrogen) atoms. The molecule has 3 aromatic rings. The molecule has 0 unspecified atom stereocenters. The summed E-state index contributed by atoms with van der Waals surface area (Å²) in [5.74, 6) is -1.04. The molecule has 0 saturated heterocycles. The Hall–Kier alpha value is -2.99. The molecule has 3 rings (SSSR count). The Morgan fingerprint density at radius 3 is 2.52 bits per heavy atom. The summed E-state index contributed by atoms with van der Waals surface area (Å²) in [5, 5.41) is 4.62. The predicted octanol–water partition coefficient (Wildman–Crippen LogP) is 4.20. The maximum Gasteiger partial charge on any atom is 0.238 e. The molecule has 0 bridgehead atoms. The number of likely N-dealkylation sites (N-methyl/N-ethyl adjacent to an activating group) is 1. The molecule has 0 aromatic heterocycles. The molecule has 0 aliphatic carbocycles. The first-order chi connectivity index (χ1) is 12.9. The van der Waals surface area contributed by atoms with Gasteiger partial charge in [0.1, 0.15) is 17.4 Å². The quantitative estimate of drug-likeness (QED) is 0.707. The van der Waals surface area contributed by atoms with Crippen LogP contribution >= 0.6 is 0 Å². The largest absolute Gasteiger partial charge is 0.497 e. The molecule has 0 atom stereocenters. The molecule has 6 heteroatoms. The summed E-state index contributed by atoms with van der Waals surface area (Å²) in [6.45, 7) is 0.638. The van der Waals surface area contributed by atoms with Gasteiger partial charge in [-0.15, -0.1) is 0 Å². The van der Waals surface area contributed by atoms with E-state index >= 15 is 0 Å². The van der Waals surface area contributed by atoms with Crippen LogP contribution in [0.5, 0.6) is 5.75 Å². The number of benzene rings is 3. The topological polar surface area (TPSA) is 41.6 Å². The van der Waals surface area contributed by atoms with Crippen molar-refractivity contribution in [3.8, 4) is 5.75 Å². The molecule has 0 spiro atoms. The Balaban J connectivity index is 1.62. The first-order valence-corrected chi connectivity index (χ1v) is 8.45. The molecule has 1 N–H and O–H groups in total. The van der Waals surface area contributed by atoms with E-state index in [1.54, 1.807) is 14.2 Å². The van der Waals surface area contributed by atoms with Crippen molar-refractivity contribution < 1.29 is 18.3 Å². The maximum absolute atomic E-state index is 13.6. The van der Waals surface area contributed by atoms with Gasteiger partial charge in [0.2, 0.25) is 5.91 Å². The van der Waals surface area contributed by atoms with E-state index in [2.05, 4.69) is 11.4 Å². The summed E-state index contributed by atoms with van der Waals surface area (Å²) in [5.41, 5.74) is 1.02. The van der Waals surface area contributed by atoms with E-state index in [4.69, 9.17) is 4.74 Å². The molecule has 140 valence electrons. The molecule has 0 radical (unpaired) electrons. The summed E-state index contributed by atoms with van der Waals surface area (Å²) >= 11 is 0. The second kappa shape index (κ2) is 8.14. The number of halogens is 2. The van der Waals surface area contributed by atoms with Gasteiger partial charge in [0, 0.05) is 12.6 Å². The van der Waals surface area contributed by atoms with Gasteiger partial charge in [-0.3, -0.25) is 9.69 Å². The van der Waals surface area contributed by atoms with Crippen molar-refractivity contribution in [3.05, 3.63) is 71.8 Å². The number of carbonyl (C=O) groups excluding carboxylic acids is 1. The van der Waals surface area contributed by atoms with Gasteiger partial charge in [0.05, 0.1) is 19.3 Å². The van der Waals surface area contributed by atoms with Crippen LogP contribution in [0.1, 0.15) is 5.56 Å². The molecule has 4 nitrogen and oxygen atoms in total. The number of rotatable bonds is 6. The molecule has 3 aromatic carbocycles. The van der Waals surface area contributed by atoms with Crippen LogP contribution < -0.4 is 10.1 Å². The number of hydrogen-bond donors (Lipinski definition) is 1. The molecule has 0 heterocycles. The molecule has 0 fully saturated rings. The third kappa shape index (κ3) is 4.80. The lowest BCUT2D eigenvalue weighted by atomic mass is 10.1. The monoisotopic (exact) mass is 370 g/mol. The summed E-state index contributed by atoms with van der Waals surface area (Å²) in [6, 6.07) is 15.0. The molecule has 0 saturated carbocycles. The van der Waals surface area contributed by atoms with Crippen molar-refractivity contribution >= 4 is 22.4 Å². The van der Waals surface area contributed by atoms with Crippen LogP contribution in [-0.4, -0.2) is 31.5 Å². The average Bonchev–Trinajstić information content (AvgIpc) is 2.63. The van der Waals surface area contributed by atoms with E-state index in [1.807, 2.05) is 35.2 Å². The van der Waals surface area contributed by atoms with Crippen molar-refractivity contribution in [3.63, 3.8) is 0 Å². The lowest BCUT2D eigenvalue weighted by Crippen LogP contribution is -2.30. The minimum atomic E-state index is -0.795. The van der Waals surface area contributed by atoms with Gasteiger partial charge >= 0.3 is 0 Å². The Labute approximate surface area is 156 Å². The fourth-order valence-electron chi connectivity index (χ4n) is 2.89. The summed E-state index contributed by atoms with van der Waals surface area (Å²) in [7, 11) is 3.44. The fraction of sp³-hybridized carbons (Fsp3) is 0.190. The number of nitrogens with zero attached hydrogens (tertiary/aromatic N) is 1. The van der Waals surface area contributed by atoms with E-state index in [9.17, 15) is 13.6 Å². The van der Waals surface area contributed by atoms with Crippen LogP contribution in [0.25, 0.3) is 10.8 Å². The summed E-state index contributed by atoms with van der Waals surface area (Å²) < 4.78 is 31.8. The molecule has 0 aliphatic heterocycles. The smallest absolute Gasteiger partial charge is 0.238 e. The van der Waals surface area contributed by atoms with E-state index in [-0.39, 0.29) is 18.1 Å². The third-order valence-electron chi connectivity index (χ3n) is 4.18. The van der Waals surface area contributed by atoms with E-state index in [1.165, 1.54) is 6.07 Å². The van der Waals surface area contributed by atoms with Crippen LogP contribution in [-0.2, 0) is 11.3 Å². The average molecular weight is 370 g/mol. The number of amides is 1. The van der Waals surface area contributed by atoms with Gasteiger partial charge in [-0.1, -0.05) is 18.2 Å². The maximum atomic E-state index is 13.6. The third-order valence-corrected chi connectivity index (χ3v) is 4.18. The first-order valence-electron chi connectivity index (χ1n) is 8.45. The van der Waals surface area contributed by atoms with E-state index in [0.717, 1.165) is 34.2 Å². The van der Waals surface area contributed by atoms with Crippen LogP contribution in [0.3, 0.4) is 0 Å². The van der Waals surface area contributed by atoms with Gasteiger partial charge in [-0.2, -0.15) is 0 Å². The number of nitrogens with one attached hydrogen (secondary N) is 1. The van der Waals surface area contributed by atoms with Crippen molar-refractivity contribution in [2.45, 2.75) is 6.54 Å². The lowest BCUT2D eigenvalue weighted by Gasteiger charge is -2.17. The number of methoxy groups -OCH3 is 1. The van der Waals surface area contributed by atoms with E-state index in [0.29, 0.717) is 6.54 Å². The van der Waals surface area contributed by atoms with Crippen LogP contribution in [0, 0.1) is 11.6 Å². The number of ether oxygens (including phenoxy) is 1. The SMILES string of the molecule is COc1ccc2cc(CN(C)CC(=O)Nc3ccc(F)cc3F)ccc2c1. The highest BCUT2D eigenvalue weighted by Crippen LogP contribution is 2.22. The van der Waals surface area contributed by atoms with Crippen molar-refractivity contribution in [2.75, 3.05) is 26.0 Å². The number of anilines is 1. The van der Waals surface area contributed by atoms with Crippen LogP contribution in [0.15, 0.2) is 54.6 Å². The molecular weight excluding hydrogens is 350 g/mol. The zero-order chi connectivity index (χ0) is 19.4. The normalized spacial score (nSPS) is 11.0. The van der Waals surface area contributed by atoms with Crippen molar-refractivity contribution in [1.29, 1.82) is 0 Å².